The van der Waals surface area contributed by atoms with E-state index in [-0.39, 0.29) is 5.91 Å². The molecular formula is C16H21N5O. The molecule has 0 spiro atoms. The summed E-state index contributed by atoms with van der Waals surface area (Å²) in [6.07, 6.45) is 0. The first kappa shape index (κ1) is 15.8. The van der Waals surface area contributed by atoms with E-state index in [0.717, 1.165) is 22.9 Å². The highest BCUT2D eigenvalue weighted by Crippen LogP contribution is 2.19. The van der Waals surface area contributed by atoms with Gasteiger partial charge in [-0.25, -0.2) is 4.98 Å². The van der Waals surface area contributed by atoms with Crippen molar-refractivity contribution in [2.45, 2.75) is 33.7 Å². The number of amides is 1. The standard InChI is InChI=1S/C16H21N5O/c1-10(2)17-15-8-11(3)18-16(21-15)20-14-7-5-6-13(9-14)19-12(4)22/h5-10H,1-4H3,(H,19,22)(H2,17,18,20,21). The van der Waals surface area contributed by atoms with E-state index >= 15 is 0 Å². The number of carbonyl (C=O) groups is 1. The summed E-state index contributed by atoms with van der Waals surface area (Å²) in [5.74, 6) is 1.19. The summed E-state index contributed by atoms with van der Waals surface area (Å²) in [6.45, 7) is 7.52. The summed E-state index contributed by atoms with van der Waals surface area (Å²) in [5.41, 5.74) is 2.41. The van der Waals surface area contributed by atoms with Crippen LogP contribution in [0.2, 0.25) is 0 Å². The molecule has 0 atom stereocenters. The van der Waals surface area contributed by atoms with E-state index in [1.54, 1.807) is 0 Å². The number of nitrogens with one attached hydrogen (secondary N) is 3. The summed E-state index contributed by atoms with van der Waals surface area (Å²) in [6, 6.07) is 9.62. The van der Waals surface area contributed by atoms with Gasteiger partial charge < -0.3 is 16.0 Å². The lowest BCUT2D eigenvalue weighted by molar-refractivity contribution is -0.114. The smallest absolute Gasteiger partial charge is 0.229 e. The van der Waals surface area contributed by atoms with Crippen molar-refractivity contribution >= 4 is 29.0 Å². The van der Waals surface area contributed by atoms with Gasteiger partial charge in [0.15, 0.2) is 0 Å². The van der Waals surface area contributed by atoms with Gasteiger partial charge in [0, 0.05) is 36.1 Å². The first-order valence-corrected chi connectivity index (χ1v) is 7.19. The molecule has 3 N–H and O–H groups in total. The van der Waals surface area contributed by atoms with Gasteiger partial charge >= 0.3 is 0 Å². The van der Waals surface area contributed by atoms with Crippen LogP contribution in [0.15, 0.2) is 30.3 Å². The molecule has 22 heavy (non-hydrogen) atoms. The van der Waals surface area contributed by atoms with Gasteiger partial charge in [-0.2, -0.15) is 4.98 Å². The summed E-state index contributed by atoms with van der Waals surface area (Å²) in [5, 5.41) is 9.17. The average molecular weight is 299 g/mol. The van der Waals surface area contributed by atoms with Crippen molar-refractivity contribution in [3.05, 3.63) is 36.0 Å². The van der Waals surface area contributed by atoms with Gasteiger partial charge in [0.05, 0.1) is 0 Å². The fourth-order valence-corrected chi connectivity index (χ4v) is 2.00. The molecule has 0 radical (unpaired) electrons. The van der Waals surface area contributed by atoms with E-state index in [0.29, 0.717) is 12.0 Å². The van der Waals surface area contributed by atoms with E-state index in [4.69, 9.17) is 0 Å². The lowest BCUT2D eigenvalue weighted by Crippen LogP contribution is -2.12. The second kappa shape index (κ2) is 6.89. The fraction of sp³-hybridized carbons (Fsp3) is 0.312. The Bertz CT molecular complexity index is 669. The highest BCUT2D eigenvalue weighted by atomic mass is 16.1. The third-order valence-corrected chi connectivity index (χ3v) is 2.73. The molecule has 0 bridgehead atoms. The van der Waals surface area contributed by atoms with Crippen molar-refractivity contribution in [3.8, 4) is 0 Å². The van der Waals surface area contributed by atoms with Crippen LogP contribution >= 0.6 is 0 Å². The lowest BCUT2D eigenvalue weighted by Gasteiger charge is -2.12. The Labute approximate surface area is 130 Å². The van der Waals surface area contributed by atoms with Crippen molar-refractivity contribution in [1.82, 2.24) is 9.97 Å². The Balaban J connectivity index is 2.19. The number of carbonyl (C=O) groups excluding carboxylic acids is 1. The predicted octanol–water partition coefficient (Wildman–Crippen LogP) is 3.31. The molecule has 0 aliphatic heterocycles. The molecule has 1 heterocycles. The average Bonchev–Trinajstić information content (AvgIpc) is 2.36. The highest BCUT2D eigenvalue weighted by molar-refractivity contribution is 5.89. The topological polar surface area (TPSA) is 78.9 Å². The summed E-state index contributed by atoms with van der Waals surface area (Å²) < 4.78 is 0. The van der Waals surface area contributed by atoms with E-state index in [2.05, 4.69) is 39.8 Å². The molecule has 2 rings (SSSR count). The van der Waals surface area contributed by atoms with Gasteiger partial charge in [0.25, 0.3) is 0 Å². The highest BCUT2D eigenvalue weighted by Gasteiger charge is 2.05. The van der Waals surface area contributed by atoms with Gasteiger partial charge in [-0.15, -0.1) is 0 Å². The molecule has 0 fully saturated rings. The molecule has 0 aliphatic carbocycles. The Morgan fingerprint density at radius 1 is 1.14 bits per heavy atom. The lowest BCUT2D eigenvalue weighted by atomic mass is 10.2. The molecule has 0 saturated heterocycles. The zero-order valence-corrected chi connectivity index (χ0v) is 13.3. The summed E-state index contributed by atoms with van der Waals surface area (Å²) in [7, 11) is 0. The minimum Gasteiger partial charge on any atom is -0.368 e. The normalized spacial score (nSPS) is 10.4. The monoisotopic (exact) mass is 299 g/mol. The second-order valence-electron chi connectivity index (χ2n) is 5.40. The second-order valence-corrected chi connectivity index (χ2v) is 5.40. The van der Waals surface area contributed by atoms with Gasteiger partial charge in [-0.3, -0.25) is 4.79 Å². The van der Waals surface area contributed by atoms with Crippen LogP contribution in [0.1, 0.15) is 26.5 Å². The van der Waals surface area contributed by atoms with Crippen molar-refractivity contribution in [3.63, 3.8) is 0 Å². The van der Waals surface area contributed by atoms with Crippen LogP contribution in [0.25, 0.3) is 0 Å². The Morgan fingerprint density at radius 2 is 1.86 bits per heavy atom. The molecule has 1 aromatic carbocycles. The van der Waals surface area contributed by atoms with Crippen molar-refractivity contribution in [2.75, 3.05) is 16.0 Å². The molecule has 2 aromatic rings. The first-order chi connectivity index (χ1) is 10.4. The van der Waals surface area contributed by atoms with Gasteiger partial charge in [-0.05, 0) is 39.0 Å². The third-order valence-electron chi connectivity index (χ3n) is 2.73. The number of anilines is 4. The molecule has 116 valence electrons. The van der Waals surface area contributed by atoms with Crippen molar-refractivity contribution < 1.29 is 4.79 Å². The van der Waals surface area contributed by atoms with Crippen LogP contribution < -0.4 is 16.0 Å². The van der Waals surface area contributed by atoms with E-state index < -0.39 is 0 Å². The number of benzene rings is 1. The Kier molecular flexibility index (Phi) is 4.93. The molecule has 6 nitrogen and oxygen atoms in total. The first-order valence-electron chi connectivity index (χ1n) is 7.19. The number of rotatable bonds is 5. The molecular weight excluding hydrogens is 278 g/mol. The van der Waals surface area contributed by atoms with Crippen LogP contribution in [-0.4, -0.2) is 21.9 Å². The zero-order chi connectivity index (χ0) is 16.1. The van der Waals surface area contributed by atoms with Crippen LogP contribution in [0.4, 0.5) is 23.1 Å². The number of nitrogens with zero attached hydrogens (tertiary/aromatic N) is 2. The maximum atomic E-state index is 11.1. The van der Waals surface area contributed by atoms with Crippen molar-refractivity contribution in [1.29, 1.82) is 0 Å². The van der Waals surface area contributed by atoms with Crippen LogP contribution in [-0.2, 0) is 4.79 Å². The van der Waals surface area contributed by atoms with E-state index in [1.807, 2.05) is 37.3 Å². The van der Waals surface area contributed by atoms with E-state index in [9.17, 15) is 4.79 Å². The zero-order valence-electron chi connectivity index (χ0n) is 13.3. The number of aromatic nitrogens is 2. The fourth-order valence-electron chi connectivity index (χ4n) is 2.00. The minimum atomic E-state index is -0.104. The third kappa shape index (κ3) is 4.73. The maximum absolute atomic E-state index is 11.1. The molecule has 0 aliphatic rings. The molecule has 1 aromatic heterocycles. The Hall–Kier alpha value is -2.63. The van der Waals surface area contributed by atoms with E-state index in [1.165, 1.54) is 6.92 Å². The van der Waals surface area contributed by atoms with Crippen LogP contribution in [0, 0.1) is 6.92 Å². The SMILES string of the molecule is CC(=O)Nc1cccc(Nc2nc(C)cc(NC(C)C)n2)c1. The van der Waals surface area contributed by atoms with Gasteiger partial charge in [0.1, 0.15) is 5.82 Å². The Morgan fingerprint density at radius 3 is 2.55 bits per heavy atom. The van der Waals surface area contributed by atoms with Gasteiger partial charge in [-0.1, -0.05) is 6.07 Å². The summed E-state index contributed by atoms with van der Waals surface area (Å²) >= 11 is 0. The van der Waals surface area contributed by atoms with Crippen LogP contribution in [0.5, 0.6) is 0 Å². The van der Waals surface area contributed by atoms with Gasteiger partial charge in [0.2, 0.25) is 11.9 Å². The number of aryl methyl sites for hydroxylation is 1. The molecule has 0 saturated carbocycles. The maximum Gasteiger partial charge on any atom is 0.229 e. The molecule has 0 unspecified atom stereocenters. The quantitative estimate of drug-likeness (QED) is 0.789. The number of hydrogen-bond donors (Lipinski definition) is 3. The number of hydrogen-bond acceptors (Lipinski definition) is 5. The largest absolute Gasteiger partial charge is 0.368 e. The van der Waals surface area contributed by atoms with Crippen molar-refractivity contribution in [2.24, 2.45) is 0 Å². The molecule has 6 heteroatoms. The predicted molar refractivity (Wildman–Crippen MR) is 89.6 cm³/mol. The van der Waals surface area contributed by atoms with Crippen LogP contribution in [0.3, 0.4) is 0 Å². The molecule has 1 amide bonds. The summed E-state index contributed by atoms with van der Waals surface area (Å²) in [4.78, 5) is 19.9. The minimum absolute atomic E-state index is 0.104.